The molecule has 0 amide bonds. The van der Waals surface area contributed by atoms with Gasteiger partial charge in [0.2, 0.25) is 0 Å². The molecule has 3 heteroatoms. The third-order valence-corrected chi connectivity index (χ3v) is 3.33. The summed E-state index contributed by atoms with van der Waals surface area (Å²) >= 11 is 0. The lowest BCUT2D eigenvalue weighted by Crippen LogP contribution is -2.40. The van der Waals surface area contributed by atoms with Crippen molar-refractivity contribution in [2.75, 3.05) is 6.54 Å². The molecule has 1 heterocycles. The first-order valence-corrected chi connectivity index (χ1v) is 5.25. The SMILES string of the molecule is Cl.NCC1CCC2CCCCC2O1. The largest absolute Gasteiger partial charge is 0.373 e. The van der Waals surface area contributed by atoms with Gasteiger partial charge in [-0.25, -0.2) is 0 Å². The second-order valence-electron chi connectivity index (χ2n) is 4.15. The summed E-state index contributed by atoms with van der Waals surface area (Å²) in [5.41, 5.74) is 5.60. The number of rotatable bonds is 1. The van der Waals surface area contributed by atoms with Crippen molar-refractivity contribution in [2.45, 2.75) is 50.7 Å². The predicted octanol–water partition coefficient (Wildman–Crippen LogP) is 2.10. The Labute approximate surface area is 86.6 Å². The fraction of sp³-hybridized carbons (Fsp3) is 1.00. The van der Waals surface area contributed by atoms with Gasteiger partial charge in [-0.15, -0.1) is 12.4 Å². The number of ether oxygens (including phenoxy) is 1. The number of hydrogen-bond donors (Lipinski definition) is 1. The molecule has 3 unspecified atom stereocenters. The van der Waals surface area contributed by atoms with Gasteiger partial charge >= 0.3 is 0 Å². The Morgan fingerprint density at radius 1 is 1.08 bits per heavy atom. The summed E-state index contributed by atoms with van der Waals surface area (Å²) in [5.74, 6) is 0.863. The van der Waals surface area contributed by atoms with Crippen molar-refractivity contribution >= 4 is 12.4 Å². The molecule has 1 saturated carbocycles. The Bertz CT molecular complexity index is 154. The highest BCUT2D eigenvalue weighted by molar-refractivity contribution is 5.85. The van der Waals surface area contributed by atoms with Crippen LogP contribution in [0.3, 0.4) is 0 Å². The first-order chi connectivity index (χ1) is 5.90. The van der Waals surface area contributed by atoms with Gasteiger partial charge in [-0.2, -0.15) is 0 Å². The van der Waals surface area contributed by atoms with E-state index in [9.17, 15) is 0 Å². The minimum Gasteiger partial charge on any atom is -0.373 e. The van der Waals surface area contributed by atoms with E-state index in [1.807, 2.05) is 0 Å². The van der Waals surface area contributed by atoms with E-state index >= 15 is 0 Å². The molecule has 1 saturated heterocycles. The van der Waals surface area contributed by atoms with Gasteiger partial charge in [0.1, 0.15) is 0 Å². The topological polar surface area (TPSA) is 35.2 Å². The number of halogens is 1. The second kappa shape index (κ2) is 5.18. The quantitative estimate of drug-likeness (QED) is 0.712. The second-order valence-corrected chi connectivity index (χ2v) is 4.15. The molecule has 3 atom stereocenters. The third kappa shape index (κ3) is 2.58. The van der Waals surface area contributed by atoms with Crippen molar-refractivity contribution < 1.29 is 4.74 Å². The summed E-state index contributed by atoms with van der Waals surface area (Å²) in [4.78, 5) is 0. The van der Waals surface area contributed by atoms with Gasteiger partial charge in [-0.3, -0.25) is 0 Å². The van der Waals surface area contributed by atoms with Crippen molar-refractivity contribution in [1.29, 1.82) is 0 Å². The Morgan fingerprint density at radius 3 is 2.62 bits per heavy atom. The minimum atomic E-state index is 0. The van der Waals surface area contributed by atoms with E-state index in [1.54, 1.807) is 0 Å². The Kier molecular flexibility index (Phi) is 4.50. The van der Waals surface area contributed by atoms with Gasteiger partial charge in [-0.05, 0) is 31.6 Å². The molecule has 2 fully saturated rings. The monoisotopic (exact) mass is 205 g/mol. The molecule has 1 aliphatic carbocycles. The van der Waals surface area contributed by atoms with Crippen LogP contribution in [0.15, 0.2) is 0 Å². The van der Waals surface area contributed by atoms with Crippen LogP contribution in [0.1, 0.15) is 38.5 Å². The standard InChI is InChI=1S/C10H19NO.ClH/c11-7-9-6-5-8-3-1-2-4-10(8)12-9;/h8-10H,1-7,11H2;1H. The first-order valence-electron chi connectivity index (χ1n) is 5.25. The molecular formula is C10H20ClNO. The van der Waals surface area contributed by atoms with E-state index in [4.69, 9.17) is 10.5 Å². The Morgan fingerprint density at radius 2 is 1.85 bits per heavy atom. The predicted molar refractivity (Wildman–Crippen MR) is 56.2 cm³/mol. The highest BCUT2D eigenvalue weighted by Crippen LogP contribution is 2.35. The molecule has 2 rings (SSSR count). The average Bonchev–Trinajstić information content (AvgIpc) is 2.17. The molecular weight excluding hydrogens is 186 g/mol. The summed E-state index contributed by atoms with van der Waals surface area (Å²) in [6.07, 6.45) is 8.91. The van der Waals surface area contributed by atoms with Crippen molar-refractivity contribution in [3.8, 4) is 0 Å². The van der Waals surface area contributed by atoms with Crippen LogP contribution in [0.25, 0.3) is 0 Å². The normalized spacial score (nSPS) is 39.0. The number of hydrogen-bond acceptors (Lipinski definition) is 2. The van der Waals surface area contributed by atoms with Crippen molar-refractivity contribution in [2.24, 2.45) is 11.7 Å². The summed E-state index contributed by atoms with van der Waals surface area (Å²) in [6, 6.07) is 0. The zero-order chi connectivity index (χ0) is 8.39. The lowest BCUT2D eigenvalue weighted by Gasteiger charge is -2.39. The maximum Gasteiger partial charge on any atom is 0.0701 e. The molecule has 0 spiro atoms. The summed E-state index contributed by atoms with van der Waals surface area (Å²) in [6.45, 7) is 0.712. The molecule has 13 heavy (non-hydrogen) atoms. The molecule has 2 aliphatic rings. The lowest BCUT2D eigenvalue weighted by atomic mass is 9.81. The molecule has 0 aromatic carbocycles. The highest BCUT2D eigenvalue weighted by Gasteiger charge is 2.32. The van der Waals surface area contributed by atoms with E-state index in [0.717, 1.165) is 5.92 Å². The molecule has 2 nitrogen and oxygen atoms in total. The number of fused-ring (bicyclic) bond motifs is 1. The van der Waals surface area contributed by atoms with Crippen molar-refractivity contribution in [3.05, 3.63) is 0 Å². The van der Waals surface area contributed by atoms with Gasteiger partial charge in [0.25, 0.3) is 0 Å². The van der Waals surface area contributed by atoms with Gasteiger partial charge in [0.15, 0.2) is 0 Å². The lowest BCUT2D eigenvalue weighted by molar-refractivity contribution is -0.0942. The maximum atomic E-state index is 5.91. The van der Waals surface area contributed by atoms with Crippen LogP contribution in [0, 0.1) is 5.92 Å². The zero-order valence-corrected chi connectivity index (χ0v) is 8.89. The smallest absolute Gasteiger partial charge is 0.0701 e. The molecule has 0 bridgehead atoms. The van der Waals surface area contributed by atoms with E-state index < -0.39 is 0 Å². The van der Waals surface area contributed by atoms with Crippen LogP contribution in [-0.4, -0.2) is 18.8 Å². The average molecular weight is 206 g/mol. The molecule has 0 radical (unpaired) electrons. The maximum absolute atomic E-state index is 5.91. The molecule has 2 N–H and O–H groups in total. The van der Waals surface area contributed by atoms with Crippen molar-refractivity contribution in [3.63, 3.8) is 0 Å². The molecule has 0 aromatic rings. The molecule has 0 aromatic heterocycles. The highest BCUT2D eigenvalue weighted by atomic mass is 35.5. The summed E-state index contributed by atoms with van der Waals surface area (Å²) in [5, 5.41) is 0. The molecule has 1 aliphatic heterocycles. The van der Waals surface area contributed by atoms with E-state index in [0.29, 0.717) is 18.8 Å². The third-order valence-electron chi connectivity index (χ3n) is 3.33. The van der Waals surface area contributed by atoms with Gasteiger partial charge in [0, 0.05) is 6.54 Å². The van der Waals surface area contributed by atoms with Crippen LogP contribution in [0.2, 0.25) is 0 Å². The van der Waals surface area contributed by atoms with Crippen LogP contribution in [0.5, 0.6) is 0 Å². The summed E-state index contributed by atoms with van der Waals surface area (Å²) in [7, 11) is 0. The van der Waals surface area contributed by atoms with Gasteiger partial charge in [-0.1, -0.05) is 12.8 Å². The van der Waals surface area contributed by atoms with Crippen LogP contribution in [-0.2, 0) is 4.74 Å². The van der Waals surface area contributed by atoms with E-state index in [1.165, 1.54) is 38.5 Å². The van der Waals surface area contributed by atoms with Gasteiger partial charge < -0.3 is 10.5 Å². The zero-order valence-electron chi connectivity index (χ0n) is 8.08. The fourth-order valence-corrected chi connectivity index (χ4v) is 2.57. The Hall–Kier alpha value is 0.210. The van der Waals surface area contributed by atoms with Crippen LogP contribution < -0.4 is 5.73 Å². The van der Waals surface area contributed by atoms with E-state index in [-0.39, 0.29) is 12.4 Å². The van der Waals surface area contributed by atoms with Crippen LogP contribution >= 0.6 is 12.4 Å². The summed E-state index contributed by atoms with van der Waals surface area (Å²) < 4.78 is 5.91. The fourth-order valence-electron chi connectivity index (χ4n) is 2.57. The van der Waals surface area contributed by atoms with E-state index in [2.05, 4.69) is 0 Å². The van der Waals surface area contributed by atoms with Crippen LogP contribution in [0.4, 0.5) is 0 Å². The first kappa shape index (κ1) is 11.3. The van der Waals surface area contributed by atoms with Crippen molar-refractivity contribution in [1.82, 2.24) is 0 Å². The minimum absolute atomic E-state index is 0. The Balaban J connectivity index is 0.000000845. The molecule has 78 valence electrons. The van der Waals surface area contributed by atoms with Gasteiger partial charge in [0.05, 0.1) is 12.2 Å². The number of nitrogens with two attached hydrogens (primary N) is 1.